The normalized spacial score (nSPS) is 10.7. The summed E-state index contributed by atoms with van der Waals surface area (Å²) in [4.78, 5) is 19.8. The number of hydrogen-bond acceptors (Lipinski definition) is 5. The van der Waals surface area contributed by atoms with Crippen molar-refractivity contribution in [3.63, 3.8) is 0 Å². The lowest BCUT2D eigenvalue weighted by atomic mass is 10.4. The van der Waals surface area contributed by atoms with Gasteiger partial charge in [0.2, 0.25) is 0 Å². The van der Waals surface area contributed by atoms with Crippen LogP contribution in [0.25, 0.3) is 0 Å². The van der Waals surface area contributed by atoms with Gasteiger partial charge in [0.25, 0.3) is 0 Å². The van der Waals surface area contributed by atoms with Gasteiger partial charge >= 0.3 is 5.76 Å². The van der Waals surface area contributed by atoms with Crippen LogP contribution < -0.4 is 10.7 Å². The zero-order valence-electron chi connectivity index (χ0n) is 8.65. The number of oxazole rings is 1. The Morgan fingerprint density at radius 2 is 2.47 bits per heavy atom. The molecular formula is C9H9ClFN3O2S. The quantitative estimate of drug-likeness (QED) is 0.909. The summed E-state index contributed by atoms with van der Waals surface area (Å²) < 4.78 is 17.5. The summed E-state index contributed by atoms with van der Waals surface area (Å²) in [6.45, 7) is 0.0501. The zero-order valence-corrected chi connectivity index (χ0v) is 10.2. The number of aromatic nitrogens is 2. The highest BCUT2D eigenvalue weighted by Crippen LogP contribution is 2.21. The zero-order chi connectivity index (χ0) is 12.3. The molecule has 0 fully saturated rings. The molecule has 0 aliphatic heterocycles. The van der Waals surface area contributed by atoms with Crippen LogP contribution in [0.5, 0.6) is 0 Å². The predicted molar refractivity (Wildman–Crippen MR) is 63.5 cm³/mol. The molecule has 2 heterocycles. The number of rotatable bonds is 5. The van der Waals surface area contributed by atoms with Crippen molar-refractivity contribution in [2.75, 3.05) is 18.1 Å². The van der Waals surface area contributed by atoms with Gasteiger partial charge in [0.05, 0.1) is 6.54 Å². The Hall–Kier alpha value is -1.34. The van der Waals surface area contributed by atoms with Gasteiger partial charge in [-0.25, -0.2) is 14.2 Å². The Morgan fingerprint density at radius 3 is 3.00 bits per heavy atom. The predicted octanol–water partition coefficient (Wildman–Crippen LogP) is 2.05. The molecule has 8 heteroatoms. The van der Waals surface area contributed by atoms with E-state index in [0.717, 1.165) is 4.88 Å². The lowest BCUT2D eigenvalue weighted by Gasteiger charge is -2.19. The number of H-pyrrole nitrogens is 1. The number of alkyl halides is 1. The van der Waals surface area contributed by atoms with Gasteiger partial charge in [-0.2, -0.15) is 0 Å². The maximum Gasteiger partial charge on any atom is 0.417 e. The molecule has 0 amide bonds. The van der Waals surface area contributed by atoms with E-state index in [9.17, 15) is 9.18 Å². The van der Waals surface area contributed by atoms with E-state index in [4.69, 9.17) is 11.6 Å². The summed E-state index contributed by atoms with van der Waals surface area (Å²) >= 11 is 7.02. The third-order valence-corrected chi connectivity index (χ3v) is 3.17. The van der Waals surface area contributed by atoms with Crippen molar-refractivity contribution in [2.24, 2.45) is 0 Å². The van der Waals surface area contributed by atoms with E-state index in [1.54, 1.807) is 11.1 Å². The van der Waals surface area contributed by atoms with Crippen LogP contribution in [-0.4, -0.2) is 23.2 Å². The average Bonchev–Trinajstić information content (AvgIpc) is 2.87. The van der Waals surface area contributed by atoms with E-state index >= 15 is 0 Å². The molecule has 0 aromatic carbocycles. The number of aromatic amines is 1. The number of thiazole rings is 1. The summed E-state index contributed by atoms with van der Waals surface area (Å²) in [7, 11) is 0. The van der Waals surface area contributed by atoms with Gasteiger partial charge in [-0.15, -0.1) is 11.3 Å². The highest BCUT2D eigenvalue weighted by molar-refractivity contribution is 7.15. The minimum Gasteiger partial charge on any atom is -0.414 e. The lowest BCUT2D eigenvalue weighted by Crippen LogP contribution is -2.25. The first-order valence-corrected chi connectivity index (χ1v) is 5.97. The molecule has 92 valence electrons. The van der Waals surface area contributed by atoms with E-state index < -0.39 is 12.4 Å². The van der Waals surface area contributed by atoms with Gasteiger partial charge in [-0.3, -0.25) is 4.98 Å². The Labute approximate surface area is 105 Å². The highest BCUT2D eigenvalue weighted by atomic mass is 35.5. The molecule has 0 aliphatic carbocycles. The minimum absolute atomic E-state index is 0.158. The molecule has 0 saturated heterocycles. The first-order valence-electron chi connectivity index (χ1n) is 4.78. The second kappa shape index (κ2) is 5.33. The van der Waals surface area contributed by atoms with Crippen LogP contribution in [0.2, 0.25) is 4.47 Å². The third kappa shape index (κ3) is 3.07. The molecule has 2 rings (SSSR count). The van der Waals surface area contributed by atoms with Crippen molar-refractivity contribution in [1.82, 2.24) is 9.97 Å². The molecule has 0 aliphatic rings. The lowest BCUT2D eigenvalue weighted by molar-refractivity contribution is 0.488. The second-order valence-electron chi connectivity index (χ2n) is 3.22. The van der Waals surface area contributed by atoms with Crippen molar-refractivity contribution < 1.29 is 8.81 Å². The van der Waals surface area contributed by atoms with E-state index in [-0.39, 0.29) is 6.54 Å². The van der Waals surface area contributed by atoms with Crippen molar-refractivity contribution in [2.45, 2.75) is 6.54 Å². The van der Waals surface area contributed by atoms with Crippen molar-refractivity contribution in [3.8, 4) is 0 Å². The van der Waals surface area contributed by atoms with Crippen molar-refractivity contribution in [1.29, 1.82) is 0 Å². The van der Waals surface area contributed by atoms with Gasteiger partial charge in [-0.05, 0) is 0 Å². The Balaban J connectivity index is 2.15. The van der Waals surface area contributed by atoms with E-state index in [0.29, 0.717) is 16.8 Å². The Morgan fingerprint density at radius 1 is 1.65 bits per heavy atom. The number of anilines is 1. The van der Waals surface area contributed by atoms with Crippen molar-refractivity contribution in [3.05, 3.63) is 32.4 Å². The van der Waals surface area contributed by atoms with Crippen LogP contribution in [0.15, 0.2) is 21.7 Å². The number of nitrogens with one attached hydrogen (secondary N) is 1. The highest BCUT2D eigenvalue weighted by Gasteiger charge is 2.12. The SMILES string of the molecule is O=c1[nH]c(N(CCF)Cc2cnc(Cl)s2)co1. The van der Waals surface area contributed by atoms with E-state index in [1.165, 1.54) is 17.6 Å². The molecule has 0 atom stereocenters. The smallest absolute Gasteiger partial charge is 0.414 e. The van der Waals surface area contributed by atoms with Crippen LogP contribution in [0.1, 0.15) is 4.88 Å². The molecule has 2 aromatic heterocycles. The Kier molecular flexibility index (Phi) is 3.80. The van der Waals surface area contributed by atoms with Crippen LogP contribution in [0.4, 0.5) is 10.2 Å². The van der Waals surface area contributed by atoms with Gasteiger partial charge in [0, 0.05) is 17.6 Å². The molecule has 1 N–H and O–H groups in total. The number of nitrogens with zero attached hydrogens (tertiary/aromatic N) is 2. The average molecular weight is 278 g/mol. The molecule has 5 nitrogen and oxygen atoms in total. The monoisotopic (exact) mass is 277 g/mol. The molecule has 17 heavy (non-hydrogen) atoms. The first-order chi connectivity index (χ1) is 8.19. The van der Waals surface area contributed by atoms with Gasteiger partial charge in [0.1, 0.15) is 18.8 Å². The fraction of sp³-hybridized carbons (Fsp3) is 0.333. The van der Waals surface area contributed by atoms with Crippen LogP contribution >= 0.6 is 22.9 Å². The molecule has 0 bridgehead atoms. The van der Waals surface area contributed by atoms with E-state index in [2.05, 4.69) is 14.4 Å². The summed E-state index contributed by atoms with van der Waals surface area (Å²) in [6, 6.07) is 0. The molecule has 0 saturated carbocycles. The molecule has 0 radical (unpaired) electrons. The van der Waals surface area contributed by atoms with Gasteiger partial charge < -0.3 is 9.32 Å². The van der Waals surface area contributed by atoms with Crippen molar-refractivity contribution >= 4 is 28.8 Å². The second-order valence-corrected chi connectivity index (χ2v) is 4.92. The number of hydrogen-bond donors (Lipinski definition) is 1. The minimum atomic E-state index is -0.564. The maximum absolute atomic E-state index is 12.4. The standard InChI is InChI=1S/C9H9ClFN3O2S/c10-8-12-3-6(17-8)4-14(2-1-11)7-5-16-9(15)13-7/h3,5H,1-2,4H2,(H,13,15). The number of halogens is 2. The van der Waals surface area contributed by atoms with Crippen LogP contribution in [-0.2, 0) is 6.54 Å². The topological polar surface area (TPSA) is 62.1 Å². The molecule has 0 unspecified atom stereocenters. The summed E-state index contributed by atoms with van der Waals surface area (Å²) in [6.07, 6.45) is 2.89. The summed E-state index contributed by atoms with van der Waals surface area (Å²) in [5.74, 6) is -0.122. The summed E-state index contributed by atoms with van der Waals surface area (Å²) in [5.41, 5.74) is 0. The maximum atomic E-state index is 12.4. The van der Waals surface area contributed by atoms with Gasteiger partial charge in [-0.1, -0.05) is 11.6 Å². The van der Waals surface area contributed by atoms with Crippen LogP contribution in [0.3, 0.4) is 0 Å². The largest absolute Gasteiger partial charge is 0.417 e. The fourth-order valence-electron chi connectivity index (χ4n) is 1.36. The molecular weight excluding hydrogens is 269 g/mol. The fourth-order valence-corrected chi connectivity index (χ4v) is 2.35. The molecule has 2 aromatic rings. The van der Waals surface area contributed by atoms with Crippen LogP contribution in [0, 0.1) is 0 Å². The van der Waals surface area contributed by atoms with E-state index in [1.807, 2.05) is 0 Å². The third-order valence-electron chi connectivity index (χ3n) is 2.07. The Bertz CT molecular complexity index is 538. The first kappa shape index (κ1) is 12.1. The van der Waals surface area contributed by atoms with Gasteiger partial charge in [0.15, 0.2) is 4.47 Å². The summed E-state index contributed by atoms with van der Waals surface area (Å²) in [5, 5.41) is 0. The molecule has 0 spiro atoms.